The van der Waals surface area contributed by atoms with Crippen molar-refractivity contribution in [1.29, 1.82) is 0 Å². The molecule has 0 spiro atoms. The second kappa shape index (κ2) is 14.7. The number of aliphatic hydroxyl groups excluding tert-OH is 1. The predicted octanol–water partition coefficient (Wildman–Crippen LogP) is 1.16. The normalized spacial score (nSPS) is 16.9. The van der Waals surface area contributed by atoms with Gasteiger partial charge >= 0.3 is 0 Å². The summed E-state index contributed by atoms with van der Waals surface area (Å²) < 4.78 is 0. The van der Waals surface area contributed by atoms with Crippen LogP contribution in [-0.2, 0) is 27.3 Å². The molecule has 3 amide bonds. The van der Waals surface area contributed by atoms with Gasteiger partial charge < -0.3 is 26.4 Å². The molecule has 226 valence electrons. The van der Waals surface area contributed by atoms with Gasteiger partial charge in [-0.1, -0.05) is 61.5 Å². The predicted molar refractivity (Wildman–Crippen MR) is 168 cm³/mol. The fourth-order valence-corrected chi connectivity index (χ4v) is 5.48. The summed E-state index contributed by atoms with van der Waals surface area (Å²) in [5.41, 5.74) is 8.43. The van der Waals surface area contributed by atoms with Crippen molar-refractivity contribution in [2.24, 2.45) is 11.1 Å². The number of carbonyl (C=O) groups excluding carboxylic acids is 3. The quantitative estimate of drug-likeness (QED) is 0.0870. The summed E-state index contributed by atoms with van der Waals surface area (Å²) in [7, 11) is 1.55. The van der Waals surface area contributed by atoms with Crippen LogP contribution in [0.3, 0.4) is 0 Å². The molecule has 0 bridgehead atoms. The number of carbonyl (C=O) groups is 3. The Hall–Kier alpha value is -3.34. The van der Waals surface area contributed by atoms with Gasteiger partial charge in [0.2, 0.25) is 5.91 Å². The van der Waals surface area contributed by atoms with Gasteiger partial charge in [-0.25, -0.2) is 4.99 Å². The highest BCUT2D eigenvalue weighted by Crippen LogP contribution is 2.50. The Morgan fingerprint density at radius 2 is 1.76 bits per heavy atom. The topological polar surface area (TPSA) is 139 Å². The number of allylic oxidation sites excluding steroid dienone is 1. The standard InChI is InChI=1S/C31H40ClN5O4S/c1-19-10-8-9-13-22(19)17-35-29(40)26(31(3)14-15-31)37(18-42)30(41)25(38)23(16-21-11-6-5-7-12-21)36-28(39)24(20(2)33)27(32)34-4/h5-13,23,25-26,38,42H,14-18,33H2,1-4H3,(H,35,40)(H,36,39)/p+1/t23?,25-,26+/m0/s1. The summed E-state index contributed by atoms with van der Waals surface area (Å²) in [5.74, 6) is -1.79. The van der Waals surface area contributed by atoms with Crippen LogP contribution in [0.4, 0.5) is 0 Å². The summed E-state index contributed by atoms with van der Waals surface area (Å²) in [6.07, 6.45) is -0.0661. The zero-order valence-corrected chi connectivity index (χ0v) is 26.1. The smallest absolute Gasteiger partial charge is 0.282 e. The first-order valence-corrected chi connectivity index (χ1v) is 14.9. The van der Waals surface area contributed by atoms with Gasteiger partial charge in [0.1, 0.15) is 18.7 Å². The highest BCUT2D eigenvalue weighted by molar-refractivity contribution is 7.80. The Bertz CT molecular complexity index is 1340. The van der Waals surface area contributed by atoms with Gasteiger partial charge in [-0.05, 0) is 66.8 Å². The molecule has 1 fully saturated rings. The first kappa shape index (κ1) is 33.2. The van der Waals surface area contributed by atoms with Gasteiger partial charge in [-0.15, -0.1) is 0 Å². The molecule has 6 N–H and O–H groups in total. The van der Waals surface area contributed by atoms with Gasteiger partial charge in [-0.2, -0.15) is 12.6 Å². The molecule has 11 heteroatoms. The van der Waals surface area contributed by atoms with Crippen LogP contribution in [0.15, 0.2) is 65.9 Å². The lowest BCUT2D eigenvalue weighted by atomic mass is 9.94. The number of thiol groups is 1. The minimum Gasteiger partial charge on any atom is -0.401 e. The van der Waals surface area contributed by atoms with E-state index in [1.54, 1.807) is 7.05 Å². The molecule has 0 aliphatic heterocycles. The zero-order chi connectivity index (χ0) is 31.0. The average molecular weight is 615 g/mol. The van der Waals surface area contributed by atoms with E-state index >= 15 is 0 Å². The first-order chi connectivity index (χ1) is 19.9. The van der Waals surface area contributed by atoms with Crippen molar-refractivity contribution < 1.29 is 24.5 Å². The highest BCUT2D eigenvalue weighted by Gasteiger charge is 2.53. The maximum Gasteiger partial charge on any atom is 0.282 e. The van der Waals surface area contributed by atoms with E-state index in [0.29, 0.717) is 6.54 Å². The molecule has 0 heterocycles. The van der Waals surface area contributed by atoms with Crippen molar-refractivity contribution in [1.82, 2.24) is 15.5 Å². The maximum atomic E-state index is 13.9. The Balaban J connectivity index is 1.89. The number of aliphatic hydroxyl groups is 1. The molecule has 42 heavy (non-hydrogen) atoms. The third-order valence-electron chi connectivity index (χ3n) is 7.72. The van der Waals surface area contributed by atoms with E-state index in [9.17, 15) is 19.5 Å². The number of benzene rings is 2. The van der Waals surface area contributed by atoms with Crippen molar-refractivity contribution in [2.45, 2.75) is 64.8 Å². The average Bonchev–Trinajstić information content (AvgIpc) is 3.71. The lowest BCUT2D eigenvalue weighted by Crippen LogP contribution is -2.68. The van der Waals surface area contributed by atoms with Crippen LogP contribution in [0.2, 0.25) is 0 Å². The molecule has 0 aromatic heterocycles. The SMILES string of the molecule is C[NH+]=C(Cl)C(C(=O)NC(Cc1ccccc1)[C@H](O)C(=O)N(CS)[C@H](C(=O)NCc1ccccc1C)C1(C)CC1)=C(C)N. The largest absolute Gasteiger partial charge is 0.401 e. The molecule has 1 saturated carbocycles. The van der Waals surface area contributed by atoms with Crippen molar-refractivity contribution >= 4 is 47.1 Å². The van der Waals surface area contributed by atoms with Crippen molar-refractivity contribution in [2.75, 3.05) is 12.9 Å². The second-order valence-corrected chi connectivity index (χ2v) is 11.6. The van der Waals surface area contributed by atoms with Crippen molar-refractivity contribution in [3.05, 3.63) is 82.6 Å². The van der Waals surface area contributed by atoms with Crippen LogP contribution in [0, 0.1) is 12.3 Å². The number of rotatable bonds is 13. The maximum absolute atomic E-state index is 13.9. The fraction of sp³-hybridized carbons (Fsp3) is 0.419. The van der Waals surface area contributed by atoms with E-state index in [1.165, 1.54) is 11.8 Å². The van der Waals surface area contributed by atoms with Crippen LogP contribution < -0.4 is 21.4 Å². The Morgan fingerprint density at radius 3 is 2.31 bits per heavy atom. The zero-order valence-electron chi connectivity index (χ0n) is 24.5. The summed E-state index contributed by atoms with van der Waals surface area (Å²) in [4.78, 5) is 44.9. The Kier molecular flexibility index (Phi) is 11.6. The van der Waals surface area contributed by atoms with Crippen LogP contribution in [-0.4, -0.2) is 64.0 Å². The number of hydrogen-bond donors (Lipinski definition) is 6. The minimum atomic E-state index is -1.69. The van der Waals surface area contributed by atoms with Crippen LogP contribution >= 0.6 is 24.2 Å². The number of nitrogens with zero attached hydrogens (tertiary/aromatic N) is 1. The number of halogens is 1. The van der Waals surface area contributed by atoms with E-state index < -0.39 is 35.4 Å². The Labute approximate surface area is 258 Å². The fourth-order valence-electron chi connectivity index (χ4n) is 4.94. The molecular weight excluding hydrogens is 574 g/mol. The molecule has 2 aromatic carbocycles. The first-order valence-electron chi connectivity index (χ1n) is 13.9. The number of hydrogen-bond acceptors (Lipinski definition) is 6. The lowest BCUT2D eigenvalue weighted by molar-refractivity contribution is -0.416. The summed E-state index contributed by atoms with van der Waals surface area (Å²) in [6, 6.07) is 15.0. The minimum absolute atomic E-state index is 0.00174. The molecule has 0 saturated heterocycles. The summed E-state index contributed by atoms with van der Waals surface area (Å²) in [5, 5.41) is 17.2. The number of aryl methyl sites for hydroxylation is 1. The van der Waals surface area contributed by atoms with Crippen molar-refractivity contribution in [3.8, 4) is 0 Å². The molecule has 3 rings (SSSR count). The van der Waals surface area contributed by atoms with Gasteiger partial charge in [-0.3, -0.25) is 14.4 Å². The molecule has 0 radical (unpaired) electrons. The lowest BCUT2D eigenvalue weighted by Gasteiger charge is -2.36. The van der Waals surface area contributed by atoms with Gasteiger partial charge in [0.25, 0.3) is 17.0 Å². The highest BCUT2D eigenvalue weighted by atomic mass is 35.5. The molecule has 3 atom stereocenters. The number of nitrogens with one attached hydrogen (secondary N) is 3. The molecule has 2 aromatic rings. The summed E-state index contributed by atoms with van der Waals surface area (Å²) in [6.45, 7) is 5.75. The third-order valence-corrected chi connectivity index (χ3v) is 8.40. The van der Waals surface area contributed by atoms with Crippen molar-refractivity contribution in [3.63, 3.8) is 0 Å². The van der Waals surface area contributed by atoms with Gasteiger partial charge in [0, 0.05) is 12.2 Å². The molecule has 1 aliphatic rings. The molecule has 9 nitrogen and oxygen atoms in total. The van der Waals surface area contributed by atoms with Gasteiger partial charge in [0.15, 0.2) is 6.10 Å². The Morgan fingerprint density at radius 1 is 1.14 bits per heavy atom. The third kappa shape index (κ3) is 8.14. The second-order valence-electron chi connectivity index (χ2n) is 11.0. The number of amides is 3. The van der Waals surface area contributed by atoms with E-state index in [1.807, 2.05) is 68.4 Å². The van der Waals surface area contributed by atoms with E-state index in [2.05, 4.69) is 28.3 Å². The number of nitrogens with two attached hydrogens (primary N) is 1. The van der Waals surface area contributed by atoms with E-state index in [4.69, 9.17) is 17.3 Å². The van der Waals surface area contributed by atoms with Crippen LogP contribution in [0.1, 0.15) is 43.4 Å². The molecular formula is C31H41ClN5O4S+. The van der Waals surface area contributed by atoms with E-state index in [-0.39, 0.29) is 34.6 Å². The van der Waals surface area contributed by atoms with Crippen LogP contribution in [0.5, 0.6) is 0 Å². The summed E-state index contributed by atoms with van der Waals surface area (Å²) >= 11 is 10.6. The van der Waals surface area contributed by atoms with E-state index in [0.717, 1.165) is 29.5 Å². The monoisotopic (exact) mass is 614 g/mol. The molecule has 1 aliphatic carbocycles. The van der Waals surface area contributed by atoms with Gasteiger partial charge in [0.05, 0.1) is 11.9 Å². The van der Waals surface area contributed by atoms with Crippen LogP contribution in [0.25, 0.3) is 0 Å². The molecule has 1 unspecified atom stereocenters.